The highest BCUT2D eigenvalue weighted by atomic mass is 35.5. The van der Waals surface area contributed by atoms with Gasteiger partial charge < -0.3 is 29.2 Å². The van der Waals surface area contributed by atoms with Crippen LogP contribution in [0.4, 0.5) is 0 Å². The molecule has 0 saturated heterocycles. The molecule has 2 aromatic heterocycles. The third-order valence-corrected chi connectivity index (χ3v) is 13.0. The Morgan fingerprint density at radius 3 is 1.84 bits per heavy atom. The lowest BCUT2D eigenvalue weighted by atomic mass is 10.1. The summed E-state index contributed by atoms with van der Waals surface area (Å²) in [5.41, 5.74) is 6.73. The SMILES string of the molecule is Cc1ccc(OCCCSc2ccc(OCC(=O)O)c(C)c2)c(-c2nc3ccccc3s2)c1.O=C(O)Cc1ccc(OCCCOc2ccc(Cl)cc2-c2nc3ccccc3s2)cc1. The number of fused-ring (bicyclic) bond motifs is 2. The number of aliphatic carboxylic acids is 2. The van der Waals surface area contributed by atoms with Gasteiger partial charge in [-0.3, -0.25) is 4.79 Å². The molecule has 0 saturated carbocycles. The monoisotopic (exact) mass is 932 g/mol. The summed E-state index contributed by atoms with van der Waals surface area (Å²) in [6, 6.07) is 40.9. The van der Waals surface area contributed by atoms with Crippen LogP contribution in [0, 0.1) is 13.8 Å². The topological polar surface area (TPSA) is 137 Å². The molecular formula is C50H45ClN2O8S3. The number of aryl methyl sites for hydroxylation is 2. The summed E-state index contributed by atoms with van der Waals surface area (Å²) in [6.45, 7) is 5.26. The fraction of sp³-hybridized carbons (Fsp3) is 0.200. The lowest BCUT2D eigenvalue weighted by Crippen LogP contribution is -2.10. The van der Waals surface area contributed by atoms with E-state index in [9.17, 15) is 9.59 Å². The fourth-order valence-electron chi connectivity index (χ4n) is 6.46. The number of thiazole rings is 2. The second-order valence-electron chi connectivity index (χ2n) is 14.5. The first kappa shape index (κ1) is 45.9. The number of carbonyl (C=O) groups is 2. The molecule has 328 valence electrons. The Bertz CT molecular complexity index is 2780. The van der Waals surface area contributed by atoms with Gasteiger partial charge in [0.25, 0.3) is 0 Å². The van der Waals surface area contributed by atoms with E-state index in [1.165, 1.54) is 10.3 Å². The maximum atomic E-state index is 10.7. The largest absolute Gasteiger partial charge is 0.493 e. The third-order valence-electron chi connectivity index (χ3n) is 9.53. The highest BCUT2D eigenvalue weighted by Crippen LogP contribution is 2.38. The molecule has 0 amide bonds. The molecule has 0 radical (unpaired) electrons. The van der Waals surface area contributed by atoms with E-state index in [4.69, 9.17) is 50.7 Å². The van der Waals surface area contributed by atoms with Crippen LogP contribution in [0.2, 0.25) is 5.02 Å². The van der Waals surface area contributed by atoms with Crippen LogP contribution in [0.5, 0.6) is 23.0 Å². The first-order valence-corrected chi connectivity index (χ1v) is 23.5. The Hall–Kier alpha value is -6.12. The zero-order valence-corrected chi connectivity index (χ0v) is 38.3. The zero-order chi connectivity index (χ0) is 44.8. The first-order chi connectivity index (χ1) is 31.1. The van der Waals surface area contributed by atoms with Gasteiger partial charge in [-0.25, -0.2) is 14.8 Å². The van der Waals surface area contributed by atoms with Crippen LogP contribution in [0.25, 0.3) is 41.6 Å². The average molecular weight is 934 g/mol. The van der Waals surface area contributed by atoms with Crippen molar-refractivity contribution >= 4 is 78.4 Å². The van der Waals surface area contributed by atoms with Crippen LogP contribution in [0.3, 0.4) is 0 Å². The molecule has 2 N–H and O–H groups in total. The van der Waals surface area contributed by atoms with Gasteiger partial charge in [-0.2, -0.15) is 0 Å². The van der Waals surface area contributed by atoms with Crippen LogP contribution in [-0.2, 0) is 16.0 Å². The Morgan fingerprint density at radius 1 is 0.625 bits per heavy atom. The number of rotatable bonds is 19. The van der Waals surface area contributed by atoms with Crippen molar-refractivity contribution in [2.75, 3.05) is 32.2 Å². The molecule has 2 heterocycles. The number of carboxylic acid groups (broad SMARTS) is 2. The van der Waals surface area contributed by atoms with Gasteiger partial charge in [-0.05, 0) is 116 Å². The van der Waals surface area contributed by atoms with Gasteiger partial charge in [0.05, 0.1) is 57.8 Å². The van der Waals surface area contributed by atoms with E-state index in [1.807, 2.05) is 91.9 Å². The summed E-state index contributed by atoms with van der Waals surface area (Å²) in [4.78, 5) is 32.0. The maximum Gasteiger partial charge on any atom is 0.341 e. The van der Waals surface area contributed by atoms with Crippen LogP contribution < -0.4 is 18.9 Å². The van der Waals surface area contributed by atoms with E-state index in [-0.39, 0.29) is 13.0 Å². The second-order valence-corrected chi connectivity index (χ2v) is 18.2. The third kappa shape index (κ3) is 13.0. The van der Waals surface area contributed by atoms with E-state index >= 15 is 0 Å². The quantitative estimate of drug-likeness (QED) is 0.0592. The van der Waals surface area contributed by atoms with Gasteiger partial charge >= 0.3 is 11.9 Å². The van der Waals surface area contributed by atoms with Gasteiger partial charge in [0.2, 0.25) is 0 Å². The van der Waals surface area contributed by atoms with E-state index < -0.39 is 11.9 Å². The highest BCUT2D eigenvalue weighted by Gasteiger charge is 2.15. The lowest BCUT2D eigenvalue weighted by Gasteiger charge is -2.11. The van der Waals surface area contributed by atoms with Gasteiger partial charge in [0.1, 0.15) is 33.0 Å². The average Bonchev–Trinajstić information content (AvgIpc) is 3.92. The lowest BCUT2D eigenvalue weighted by molar-refractivity contribution is -0.139. The van der Waals surface area contributed by atoms with Crippen molar-refractivity contribution in [3.8, 4) is 44.1 Å². The van der Waals surface area contributed by atoms with Crippen LogP contribution >= 0.6 is 46.0 Å². The Kier molecular flexibility index (Phi) is 16.1. The number of nitrogens with zero attached hydrogens (tertiary/aromatic N) is 2. The summed E-state index contributed by atoms with van der Waals surface area (Å²) in [7, 11) is 0. The number of aromatic nitrogens is 2. The van der Waals surface area contributed by atoms with Crippen molar-refractivity contribution in [2.45, 2.75) is 38.0 Å². The number of hydrogen-bond acceptors (Lipinski definition) is 11. The van der Waals surface area contributed by atoms with E-state index in [1.54, 1.807) is 58.7 Å². The molecular weight excluding hydrogens is 888 g/mol. The number of para-hydroxylation sites is 2. The van der Waals surface area contributed by atoms with Crippen LogP contribution in [0.15, 0.2) is 132 Å². The number of halogens is 1. The Morgan fingerprint density at radius 2 is 1.22 bits per heavy atom. The van der Waals surface area contributed by atoms with Gasteiger partial charge in [0.15, 0.2) is 6.61 Å². The maximum absolute atomic E-state index is 10.7. The summed E-state index contributed by atoms with van der Waals surface area (Å²) in [6.07, 6.45) is 1.60. The fourth-order valence-corrected chi connectivity index (χ4v) is 9.53. The zero-order valence-electron chi connectivity index (χ0n) is 35.1. The minimum atomic E-state index is -0.979. The first-order valence-electron chi connectivity index (χ1n) is 20.5. The molecule has 0 spiro atoms. The number of ether oxygens (including phenoxy) is 4. The molecule has 0 aliphatic rings. The summed E-state index contributed by atoms with van der Waals surface area (Å²) in [5, 5.41) is 20.1. The molecule has 0 aliphatic heterocycles. The predicted octanol–water partition coefficient (Wildman–Crippen LogP) is 12.7. The van der Waals surface area contributed by atoms with Crippen molar-refractivity contribution in [3.05, 3.63) is 149 Å². The second kappa shape index (κ2) is 22.5. The smallest absolute Gasteiger partial charge is 0.341 e. The normalized spacial score (nSPS) is 10.9. The number of thioether (sulfide) groups is 1. The molecule has 0 atom stereocenters. The summed E-state index contributed by atoms with van der Waals surface area (Å²) in [5.74, 6) is 1.99. The van der Waals surface area contributed by atoms with Crippen molar-refractivity contribution in [1.29, 1.82) is 0 Å². The Labute approximate surface area is 388 Å². The van der Waals surface area contributed by atoms with Gasteiger partial charge in [-0.1, -0.05) is 59.6 Å². The molecule has 0 aliphatic carbocycles. The van der Waals surface area contributed by atoms with Crippen molar-refractivity contribution < 1.29 is 38.7 Å². The number of carboxylic acids is 2. The molecule has 64 heavy (non-hydrogen) atoms. The summed E-state index contributed by atoms with van der Waals surface area (Å²) < 4.78 is 25.5. The number of benzene rings is 6. The van der Waals surface area contributed by atoms with E-state index in [2.05, 4.69) is 25.1 Å². The van der Waals surface area contributed by atoms with Crippen LogP contribution in [-0.4, -0.2) is 64.3 Å². The van der Waals surface area contributed by atoms with E-state index in [0.29, 0.717) is 42.8 Å². The standard InChI is InChI=1S/C26H25NO4S2.C24H20ClNO4S/c1-17-8-10-23(20(14-17)26-27-21-6-3-4-7-24(21)33-26)30-12-5-13-32-19-9-11-22(18(2)15-19)31-16-25(28)29;25-17-8-11-21(19(15-17)24-26-20-4-1-2-5-22(20)31-24)30-13-3-12-29-18-9-6-16(7-10-18)14-23(27)28/h3-4,6-11,14-15H,5,12-13,16H2,1-2H3,(H,28,29);1-2,4-11,15H,3,12-14H2,(H,27,28). The van der Waals surface area contributed by atoms with E-state index in [0.717, 1.165) is 76.6 Å². The van der Waals surface area contributed by atoms with Crippen LogP contribution in [0.1, 0.15) is 29.5 Å². The molecule has 8 rings (SSSR count). The summed E-state index contributed by atoms with van der Waals surface area (Å²) >= 11 is 11.3. The predicted molar refractivity (Wildman–Crippen MR) is 258 cm³/mol. The minimum Gasteiger partial charge on any atom is -0.493 e. The molecule has 14 heteroatoms. The van der Waals surface area contributed by atoms with Crippen molar-refractivity contribution in [1.82, 2.24) is 9.97 Å². The Balaban J connectivity index is 0.000000192. The highest BCUT2D eigenvalue weighted by molar-refractivity contribution is 7.99. The molecule has 8 aromatic rings. The van der Waals surface area contributed by atoms with Gasteiger partial charge in [-0.15, -0.1) is 34.4 Å². The van der Waals surface area contributed by atoms with Crippen molar-refractivity contribution in [2.24, 2.45) is 0 Å². The molecule has 10 nitrogen and oxygen atoms in total. The molecule has 6 aromatic carbocycles. The molecule has 0 unspecified atom stereocenters. The minimum absolute atomic E-state index is 0.00615. The molecule has 0 fully saturated rings. The van der Waals surface area contributed by atoms with Gasteiger partial charge in [0, 0.05) is 22.1 Å². The van der Waals surface area contributed by atoms with Crippen molar-refractivity contribution in [3.63, 3.8) is 0 Å². The molecule has 0 bridgehead atoms. The number of hydrogen-bond donors (Lipinski definition) is 2.